The number of aliphatic hydroxyl groups is 1. The molecule has 2 aromatic rings. The van der Waals surface area contributed by atoms with E-state index in [1.54, 1.807) is 12.1 Å². The molecular formula is C12H13NO5S3. The van der Waals surface area contributed by atoms with E-state index in [0.29, 0.717) is 5.39 Å². The van der Waals surface area contributed by atoms with Crippen molar-refractivity contribution in [2.45, 2.75) is 17.0 Å². The largest absolute Gasteiger partial charge is 0.390 e. The lowest BCUT2D eigenvalue weighted by molar-refractivity contribution is 0.176. The summed E-state index contributed by atoms with van der Waals surface area (Å²) in [6.45, 7) is 0. The van der Waals surface area contributed by atoms with E-state index in [9.17, 15) is 21.9 Å². The van der Waals surface area contributed by atoms with Crippen molar-refractivity contribution in [3.63, 3.8) is 0 Å². The van der Waals surface area contributed by atoms with Gasteiger partial charge in [0.15, 0.2) is 9.84 Å². The van der Waals surface area contributed by atoms with E-state index in [2.05, 4.69) is 4.72 Å². The van der Waals surface area contributed by atoms with Crippen molar-refractivity contribution >= 4 is 41.3 Å². The van der Waals surface area contributed by atoms with Gasteiger partial charge in [0.05, 0.1) is 23.7 Å². The zero-order valence-electron chi connectivity index (χ0n) is 10.8. The van der Waals surface area contributed by atoms with E-state index >= 15 is 0 Å². The van der Waals surface area contributed by atoms with Crippen LogP contribution in [0.1, 0.15) is 0 Å². The molecule has 1 aromatic heterocycles. The molecule has 0 bridgehead atoms. The van der Waals surface area contributed by atoms with Crippen molar-refractivity contribution in [3.05, 3.63) is 29.6 Å². The molecule has 114 valence electrons. The Morgan fingerprint density at radius 2 is 1.95 bits per heavy atom. The van der Waals surface area contributed by atoms with Gasteiger partial charge in [0.1, 0.15) is 4.90 Å². The van der Waals surface area contributed by atoms with Crippen LogP contribution in [0, 0.1) is 0 Å². The molecule has 0 amide bonds. The van der Waals surface area contributed by atoms with Crippen LogP contribution in [0.3, 0.4) is 0 Å². The highest BCUT2D eigenvalue weighted by Crippen LogP contribution is 2.29. The Kier molecular flexibility index (Phi) is 3.57. The van der Waals surface area contributed by atoms with E-state index in [1.165, 1.54) is 16.7 Å². The smallest absolute Gasteiger partial charge is 0.242 e. The molecule has 2 N–H and O–H groups in total. The third kappa shape index (κ3) is 2.84. The molecule has 0 aliphatic carbocycles. The summed E-state index contributed by atoms with van der Waals surface area (Å²) in [5.74, 6) is -0.792. The van der Waals surface area contributed by atoms with Gasteiger partial charge < -0.3 is 5.11 Å². The Hall–Kier alpha value is -1.00. The van der Waals surface area contributed by atoms with Crippen LogP contribution in [0.25, 0.3) is 10.1 Å². The molecule has 9 heteroatoms. The Balaban J connectivity index is 1.95. The lowest BCUT2D eigenvalue weighted by atomic mass is 10.2. The van der Waals surface area contributed by atoms with Crippen molar-refractivity contribution in [1.82, 2.24) is 4.72 Å². The summed E-state index contributed by atoms with van der Waals surface area (Å²) in [6.07, 6.45) is -1.21. The number of sulfonamides is 1. The normalized spacial score (nSPS) is 25.4. The summed E-state index contributed by atoms with van der Waals surface area (Å²) in [6, 6.07) is 6.06. The molecule has 2 heterocycles. The fourth-order valence-electron chi connectivity index (χ4n) is 2.37. The third-order valence-electron chi connectivity index (χ3n) is 3.36. The molecule has 0 spiro atoms. The van der Waals surface area contributed by atoms with Crippen LogP contribution in [-0.4, -0.2) is 45.6 Å². The molecule has 1 aromatic carbocycles. The Labute approximate surface area is 126 Å². The fourth-order valence-corrected chi connectivity index (χ4v) is 6.98. The highest BCUT2D eigenvalue weighted by molar-refractivity contribution is 7.92. The van der Waals surface area contributed by atoms with Crippen molar-refractivity contribution < 1.29 is 21.9 Å². The maximum absolute atomic E-state index is 12.4. The number of hydrogen-bond acceptors (Lipinski definition) is 6. The van der Waals surface area contributed by atoms with Gasteiger partial charge in [0.25, 0.3) is 0 Å². The molecule has 6 nitrogen and oxygen atoms in total. The van der Waals surface area contributed by atoms with Crippen LogP contribution < -0.4 is 4.72 Å². The van der Waals surface area contributed by atoms with Gasteiger partial charge in [-0.25, -0.2) is 21.6 Å². The first-order valence-corrected chi connectivity index (χ1v) is 10.3. The summed E-state index contributed by atoms with van der Waals surface area (Å²) in [7, 11) is -7.28. The van der Waals surface area contributed by atoms with Gasteiger partial charge in [-0.2, -0.15) is 0 Å². The van der Waals surface area contributed by atoms with E-state index < -0.39 is 37.8 Å². The molecule has 21 heavy (non-hydrogen) atoms. The lowest BCUT2D eigenvalue weighted by Crippen LogP contribution is -2.42. The number of nitrogens with one attached hydrogen (secondary N) is 1. The van der Waals surface area contributed by atoms with Crippen LogP contribution in [0.5, 0.6) is 0 Å². The number of thiophene rings is 1. The highest BCUT2D eigenvalue weighted by Gasteiger charge is 2.39. The van der Waals surface area contributed by atoms with E-state index in [1.807, 2.05) is 12.1 Å². The maximum atomic E-state index is 12.4. The number of sulfone groups is 1. The quantitative estimate of drug-likeness (QED) is 0.834. The van der Waals surface area contributed by atoms with Crippen molar-refractivity contribution in [2.24, 2.45) is 0 Å². The molecular weight excluding hydrogens is 334 g/mol. The van der Waals surface area contributed by atoms with Crippen LogP contribution in [0.4, 0.5) is 0 Å². The summed E-state index contributed by atoms with van der Waals surface area (Å²) < 4.78 is 50.8. The summed E-state index contributed by atoms with van der Waals surface area (Å²) in [5.41, 5.74) is 0. The molecule has 0 saturated carbocycles. The van der Waals surface area contributed by atoms with E-state index in [0.717, 1.165) is 4.70 Å². The van der Waals surface area contributed by atoms with Crippen molar-refractivity contribution in [2.75, 3.05) is 11.5 Å². The summed E-state index contributed by atoms with van der Waals surface area (Å²) in [4.78, 5) is 0.111. The molecule has 0 unspecified atom stereocenters. The molecule has 1 aliphatic rings. The molecule has 3 rings (SSSR count). The predicted molar refractivity (Wildman–Crippen MR) is 80.6 cm³/mol. The Morgan fingerprint density at radius 1 is 1.24 bits per heavy atom. The van der Waals surface area contributed by atoms with Crippen molar-refractivity contribution in [1.29, 1.82) is 0 Å². The van der Waals surface area contributed by atoms with Crippen LogP contribution in [0.15, 0.2) is 34.5 Å². The molecule has 1 fully saturated rings. The maximum Gasteiger partial charge on any atom is 0.242 e. The first-order chi connectivity index (χ1) is 9.78. The minimum absolute atomic E-state index is 0.111. The number of aliphatic hydroxyl groups excluding tert-OH is 1. The number of fused-ring (bicyclic) bond motifs is 1. The standard InChI is InChI=1S/C12H13NO5S3/c14-10-7-20(15,16)6-9(10)13-21(17,18)12-5-19-11-4-2-1-3-8(11)12/h1-5,9-10,13-14H,6-7H2/t9-,10-/m1/s1. The average Bonchev–Trinajstić information content (AvgIpc) is 2.90. The predicted octanol–water partition coefficient (Wildman–Crippen LogP) is 0.337. The number of hydrogen-bond donors (Lipinski definition) is 2. The molecule has 2 atom stereocenters. The molecule has 1 aliphatic heterocycles. The molecule has 1 saturated heterocycles. The van der Waals surface area contributed by atoms with Gasteiger partial charge in [-0.05, 0) is 6.07 Å². The second kappa shape index (κ2) is 5.03. The minimum atomic E-state index is -3.87. The fraction of sp³-hybridized carbons (Fsp3) is 0.333. The van der Waals surface area contributed by atoms with Gasteiger partial charge in [-0.1, -0.05) is 18.2 Å². The van der Waals surface area contributed by atoms with Gasteiger partial charge >= 0.3 is 0 Å². The van der Waals surface area contributed by atoms with Crippen molar-refractivity contribution in [3.8, 4) is 0 Å². The first kappa shape index (κ1) is 14.9. The second-order valence-electron chi connectivity index (χ2n) is 4.97. The lowest BCUT2D eigenvalue weighted by Gasteiger charge is -2.14. The first-order valence-electron chi connectivity index (χ1n) is 6.15. The third-order valence-corrected chi connectivity index (χ3v) is 7.72. The van der Waals surface area contributed by atoms with E-state index in [-0.39, 0.29) is 10.6 Å². The SMILES string of the molecule is O=S1(=O)C[C@@H](O)[C@H](NS(=O)(=O)c2csc3ccccc23)C1. The summed E-state index contributed by atoms with van der Waals surface area (Å²) in [5, 5.41) is 11.8. The minimum Gasteiger partial charge on any atom is -0.390 e. The Morgan fingerprint density at radius 3 is 2.62 bits per heavy atom. The number of benzene rings is 1. The highest BCUT2D eigenvalue weighted by atomic mass is 32.2. The Bertz CT molecular complexity index is 885. The van der Waals surface area contributed by atoms with Crippen LogP contribution >= 0.6 is 11.3 Å². The average molecular weight is 347 g/mol. The van der Waals surface area contributed by atoms with Crippen LogP contribution in [-0.2, 0) is 19.9 Å². The summed E-state index contributed by atoms with van der Waals surface area (Å²) >= 11 is 1.30. The second-order valence-corrected chi connectivity index (χ2v) is 9.72. The van der Waals surface area contributed by atoms with Gasteiger partial charge in [0, 0.05) is 15.5 Å². The van der Waals surface area contributed by atoms with Gasteiger partial charge in [0.2, 0.25) is 10.0 Å². The zero-order chi connectivity index (χ0) is 15.3. The van der Waals surface area contributed by atoms with E-state index in [4.69, 9.17) is 0 Å². The molecule has 0 radical (unpaired) electrons. The van der Waals surface area contributed by atoms with Gasteiger partial charge in [-0.15, -0.1) is 11.3 Å². The zero-order valence-corrected chi connectivity index (χ0v) is 13.2. The van der Waals surface area contributed by atoms with Crippen LogP contribution in [0.2, 0.25) is 0 Å². The monoisotopic (exact) mass is 347 g/mol. The number of rotatable bonds is 3. The van der Waals surface area contributed by atoms with Gasteiger partial charge in [-0.3, -0.25) is 0 Å². The topological polar surface area (TPSA) is 101 Å².